The van der Waals surface area contributed by atoms with Gasteiger partial charge >= 0.3 is 0 Å². The Morgan fingerprint density at radius 3 is 2.88 bits per heavy atom. The van der Waals surface area contributed by atoms with Crippen molar-refractivity contribution < 1.29 is 4.79 Å². The number of amides is 1. The smallest absolute Gasteiger partial charge is 0.244 e. The highest BCUT2D eigenvalue weighted by molar-refractivity contribution is 7.73. The van der Waals surface area contributed by atoms with E-state index in [9.17, 15) is 4.79 Å². The summed E-state index contributed by atoms with van der Waals surface area (Å²) >= 11 is 6.27. The lowest BCUT2D eigenvalue weighted by atomic mass is 10.3. The highest BCUT2D eigenvalue weighted by Crippen LogP contribution is 2.14. The van der Waals surface area contributed by atoms with Crippen LogP contribution in [0.4, 0.5) is 5.13 Å². The molecule has 1 saturated heterocycles. The molecule has 1 aliphatic heterocycles. The summed E-state index contributed by atoms with van der Waals surface area (Å²) in [5, 5.41) is 10.4. The van der Waals surface area contributed by atoms with Crippen LogP contribution in [0.5, 0.6) is 0 Å². The number of likely N-dealkylation sites (tertiary alicyclic amines) is 1. The Morgan fingerprint density at radius 2 is 2.31 bits per heavy atom. The maximum atomic E-state index is 12.0. The van der Waals surface area contributed by atoms with E-state index in [0.29, 0.717) is 9.09 Å². The van der Waals surface area contributed by atoms with Crippen molar-refractivity contribution in [2.24, 2.45) is 0 Å². The predicted molar refractivity (Wildman–Crippen MR) is 66.2 cm³/mol. The van der Waals surface area contributed by atoms with E-state index in [4.69, 9.17) is 12.2 Å². The number of H-pyrrole nitrogens is 1. The molecule has 88 valence electrons. The number of hydrogen-bond acceptors (Lipinski definition) is 5. The number of hydrogen-bond donors (Lipinski definition) is 2. The van der Waals surface area contributed by atoms with Gasteiger partial charge in [0.2, 0.25) is 11.0 Å². The molecule has 0 aliphatic carbocycles. The number of rotatable bonds is 3. The van der Waals surface area contributed by atoms with E-state index in [1.807, 2.05) is 11.8 Å². The minimum Gasteiger partial charge on any atom is -0.349 e. The van der Waals surface area contributed by atoms with Crippen LogP contribution in [0.15, 0.2) is 0 Å². The van der Waals surface area contributed by atoms with Crippen LogP contribution in [0, 0.1) is 3.95 Å². The lowest BCUT2D eigenvalue weighted by Gasteiger charge is -2.20. The fourth-order valence-corrected chi connectivity index (χ4v) is 2.63. The molecule has 16 heavy (non-hydrogen) atoms. The summed E-state index contributed by atoms with van der Waals surface area (Å²) in [5.41, 5.74) is 0. The summed E-state index contributed by atoms with van der Waals surface area (Å²) in [4.78, 5) is 13.9. The number of carbonyl (C=O) groups excluding carboxylic acids is 1. The molecule has 1 aromatic heterocycles. The van der Waals surface area contributed by atoms with Crippen molar-refractivity contribution in [2.45, 2.75) is 25.8 Å². The van der Waals surface area contributed by atoms with Crippen LogP contribution in [-0.2, 0) is 4.79 Å². The molecular weight excluding hydrogens is 244 g/mol. The standard InChI is InChI=1S/C9H14N4OS2/c1-6(7(14)13-4-2-3-5-13)10-8-11-12-9(15)16-8/h6H,2-5H2,1H3,(H,10,11)(H,12,15). The van der Waals surface area contributed by atoms with Crippen LogP contribution >= 0.6 is 23.6 Å². The van der Waals surface area contributed by atoms with Crippen molar-refractivity contribution in [1.82, 2.24) is 15.1 Å². The maximum Gasteiger partial charge on any atom is 0.244 e. The fraction of sp³-hybridized carbons (Fsp3) is 0.667. The second-order valence-electron chi connectivity index (χ2n) is 3.82. The van der Waals surface area contributed by atoms with E-state index in [-0.39, 0.29) is 11.9 Å². The Bertz CT molecular complexity index is 421. The van der Waals surface area contributed by atoms with Crippen LogP contribution in [0.1, 0.15) is 19.8 Å². The lowest BCUT2D eigenvalue weighted by molar-refractivity contribution is -0.130. The Morgan fingerprint density at radius 1 is 1.62 bits per heavy atom. The van der Waals surface area contributed by atoms with Crippen LogP contribution < -0.4 is 5.32 Å². The number of nitrogens with zero attached hydrogens (tertiary/aromatic N) is 2. The van der Waals surface area contributed by atoms with Gasteiger partial charge in [-0.1, -0.05) is 11.3 Å². The highest BCUT2D eigenvalue weighted by Gasteiger charge is 2.23. The Balaban J connectivity index is 1.94. The third kappa shape index (κ3) is 2.59. The highest BCUT2D eigenvalue weighted by atomic mass is 32.1. The molecular formula is C9H14N4OS2. The van der Waals surface area contributed by atoms with Crippen LogP contribution in [0.3, 0.4) is 0 Å². The zero-order chi connectivity index (χ0) is 11.5. The van der Waals surface area contributed by atoms with Crippen LogP contribution in [0.25, 0.3) is 0 Å². The van der Waals surface area contributed by atoms with Gasteiger partial charge in [0.1, 0.15) is 6.04 Å². The summed E-state index contributed by atoms with van der Waals surface area (Å²) in [6.07, 6.45) is 2.22. The molecule has 1 amide bonds. The van der Waals surface area contributed by atoms with Crippen molar-refractivity contribution in [3.63, 3.8) is 0 Å². The SMILES string of the molecule is CC(Nc1n[nH]c(=S)s1)C(=O)N1CCCC1. The molecule has 7 heteroatoms. The van der Waals surface area contributed by atoms with E-state index in [1.165, 1.54) is 11.3 Å². The average Bonchev–Trinajstić information content (AvgIpc) is 2.88. The summed E-state index contributed by atoms with van der Waals surface area (Å²) in [6.45, 7) is 3.60. The molecule has 0 bridgehead atoms. The maximum absolute atomic E-state index is 12.0. The largest absolute Gasteiger partial charge is 0.349 e. The Kier molecular flexibility index (Phi) is 3.55. The summed E-state index contributed by atoms with van der Waals surface area (Å²) in [5.74, 6) is 0.138. The normalized spacial score (nSPS) is 17.4. The van der Waals surface area contributed by atoms with Gasteiger partial charge in [-0.2, -0.15) is 0 Å². The monoisotopic (exact) mass is 258 g/mol. The van der Waals surface area contributed by atoms with Gasteiger partial charge in [0.05, 0.1) is 0 Å². The summed E-state index contributed by atoms with van der Waals surface area (Å²) in [7, 11) is 0. The molecule has 1 aromatic rings. The van der Waals surface area contributed by atoms with Crippen molar-refractivity contribution >= 4 is 34.6 Å². The summed E-state index contributed by atoms with van der Waals surface area (Å²) in [6, 6.07) is -0.243. The second-order valence-corrected chi connectivity index (χ2v) is 5.48. The fourth-order valence-electron chi connectivity index (χ4n) is 1.75. The minimum atomic E-state index is -0.243. The number of aromatic amines is 1. The van der Waals surface area contributed by atoms with Crippen molar-refractivity contribution in [3.05, 3.63) is 3.95 Å². The third-order valence-corrected chi connectivity index (χ3v) is 3.59. The molecule has 5 nitrogen and oxygen atoms in total. The molecule has 1 aliphatic rings. The van der Waals surface area contributed by atoms with E-state index in [1.54, 1.807) is 0 Å². The first-order valence-electron chi connectivity index (χ1n) is 5.27. The quantitative estimate of drug-likeness (QED) is 0.809. The first-order valence-corrected chi connectivity index (χ1v) is 6.50. The van der Waals surface area contributed by atoms with E-state index in [2.05, 4.69) is 15.5 Å². The molecule has 2 heterocycles. The second kappa shape index (κ2) is 4.92. The van der Waals surface area contributed by atoms with Gasteiger partial charge in [0.25, 0.3) is 0 Å². The molecule has 0 spiro atoms. The Labute approximate surface area is 103 Å². The van der Waals surface area contributed by atoms with Gasteiger partial charge in [-0.3, -0.25) is 9.89 Å². The summed E-state index contributed by atoms with van der Waals surface area (Å²) < 4.78 is 0.614. The molecule has 1 atom stereocenters. The van der Waals surface area contributed by atoms with Crippen LogP contribution in [-0.4, -0.2) is 40.1 Å². The van der Waals surface area contributed by atoms with E-state index >= 15 is 0 Å². The number of anilines is 1. The number of nitrogens with one attached hydrogen (secondary N) is 2. The van der Waals surface area contributed by atoms with Crippen LogP contribution in [0.2, 0.25) is 0 Å². The molecule has 2 N–H and O–H groups in total. The molecule has 0 aromatic carbocycles. The average molecular weight is 258 g/mol. The first kappa shape index (κ1) is 11.5. The lowest BCUT2D eigenvalue weighted by Crippen LogP contribution is -2.39. The topological polar surface area (TPSA) is 61.0 Å². The molecule has 1 fully saturated rings. The van der Waals surface area contributed by atoms with Crippen molar-refractivity contribution in [1.29, 1.82) is 0 Å². The van der Waals surface area contributed by atoms with Crippen molar-refractivity contribution in [2.75, 3.05) is 18.4 Å². The molecule has 2 rings (SSSR count). The molecule has 1 unspecified atom stereocenters. The van der Waals surface area contributed by atoms with Gasteiger partial charge < -0.3 is 10.2 Å². The third-order valence-electron chi connectivity index (χ3n) is 2.57. The Hall–Kier alpha value is -0.950. The van der Waals surface area contributed by atoms with Gasteiger partial charge in [-0.15, -0.1) is 5.10 Å². The number of aromatic nitrogens is 2. The zero-order valence-electron chi connectivity index (χ0n) is 9.02. The van der Waals surface area contributed by atoms with Gasteiger partial charge in [-0.05, 0) is 32.0 Å². The van der Waals surface area contributed by atoms with Gasteiger partial charge in [0.15, 0.2) is 3.95 Å². The van der Waals surface area contributed by atoms with Crippen molar-refractivity contribution in [3.8, 4) is 0 Å². The van der Waals surface area contributed by atoms with E-state index < -0.39 is 0 Å². The minimum absolute atomic E-state index is 0.138. The molecule has 0 radical (unpaired) electrons. The van der Waals surface area contributed by atoms with E-state index in [0.717, 1.165) is 25.9 Å². The first-order chi connectivity index (χ1) is 7.66. The zero-order valence-corrected chi connectivity index (χ0v) is 10.7. The predicted octanol–water partition coefficient (Wildman–Crippen LogP) is 1.62. The van der Waals surface area contributed by atoms with Gasteiger partial charge in [-0.25, -0.2) is 0 Å². The molecule has 0 saturated carbocycles. The van der Waals surface area contributed by atoms with Gasteiger partial charge in [0, 0.05) is 13.1 Å². The number of carbonyl (C=O) groups is 1.